The second-order valence-corrected chi connectivity index (χ2v) is 11.9. The summed E-state index contributed by atoms with van der Waals surface area (Å²) in [5.41, 5.74) is 2.89. The molecule has 0 bridgehead atoms. The zero-order chi connectivity index (χ0) is 29.4. The topological polar surface area (TPSA) is 96.0 Å². The van der Waals surface area contributed by atoms with E-state index in [9.17, 15) is 18.0 Å². The number of hydrogen-bond acceptors (Lipinski definition) is 5. The third kappa shape index (κ3) is 7.21. The number of sulfonamides is 1. The number of amides is 2. The summed E-state index contributed by atoms with van der Waals surface area (Å²) in [5, 5.41) is 2.91. The summed E-state index contributed by atoms with van der Waals surface area (Å²) in [6.45, 7) is 8.97. The highest BCUT2D eigenvalue weighted by atomic mass is 32.2. The van der Waals surface area contributed by atoms with E-state index in [0.717, 1.165) is 21.0 Å². The highest BCUT2D eigenvalue weighted by molar-refractivity contribution is 7.92. The molecule has 3 aromatic rings. The average molecular weight is 566 g/mol. The van der Waals surface area contributed by atoms with Crippen molar-refractivity contribution in [2.45, 2.75) is 64.6 Å². The lowest BCUT2D eigenvalue weighted by Crippen LogP contribution is -2.53. The van der Waals surface area contributed by atoms with Gasteiger partial charge in [-0.1, -0.05) is 55.5 Å². The highest BCUT2D eigenvalue weighted by Gasteiger charge is 2.35. The molecule has 0 aromatic heterocycles. The van der Waals surface area contributed by atoms with E-state index in [0.29, 0.717) is 12.2 Å². The van der Waals surface area contributed by atoms with E-state index in [4.69, 9.17) is 4.74 Å². The summed E-state index contributed by atoms with van der Waals surface area (Å²) in [6, 6.07) is 19.9. The molecule has 0 fully saturated rings. The van der Waals surface area contributed by atoms with Gasteiger partial charge in [0.25, 0.3) is 10.0 Å². The first-order valence-corrected chi connectivity index (χ1v) is 14.8. The van der Waals surface area contributed by atoms with Crippen LogP contribution in [0.15, 0.2) is 77.7 Å². The summed E-state index contributed by atoms with van der Waals surface area (Å²) >= 11 is 0. The van der Waals surface area contributed by atoms with Crippen molar-refractivity contribution in [3.8, 4) is 5.75 Å². The van der Waals surface area contributed by atoms with Crippen LogP contribution in [0.25, 0.3) is 0 Å². The maximum atomic E-state index is 14.2. The fourth-order valence-corrected chi connectivity index (χ4v) is 5.94. The van der Waals surface area contributed by atoms with E-state index < -0.39 is 28.5 Å². The molecule has 0 radical (unpaired) electrons. The number of carbonyl (C=O) groups excluding carboxylic acids is 2. The molecule has 1 atom stereocenters. The SMILES string of the molecule is CC[C@H](C(=O)NC(C)C)N(Cc1ccccc1C)C(=O)CN(c1cc(C)ccc1OC)S(=O)(=O)c1ccccc1. The minimum Gasteiger partial charge on any atom is -0.495 e. The summed E-state index contributed by atoms with van der Waals surface area (Å²) in [5.74, 6) is -0.477. The number of anilines is 1. The molecule has 9 heteroatoms. The van der Waals surface area contributed by atoms with Gasteiger partial charge in [-0.05, 0) is 75.1 Å². The summed E-state index contributed by atoms with van der Waals surface area (Å²) in [6.07, 6.45) is 0.357. The van der Waals surface area contributed by atoms with Gasteiger partial charge in [0, 0.05) is 12.6 Å². The standard InChI is InChI=1S/C31H39N3O5S/c1-7-27(31(36)32-22(2)3)33(20-25-14-12-11-13-24(25)5)30(35)21-34(28-19-23(4)17-18-29(28)39-6)40(37,38)26-15-9-8-10-16-26/h8-19,22,27H,7,20-21H2,1-6H3,(H,32,36)/t27-/m1/s1. The smallest absolute Gasteiger partial charge is 0.264 e. The van der Waals surface area contributed by atoms with Gasteiger partial charge in [0.15, 0.2) is 0 Å². The molecule has 3 rings (SSSR count). The molecular weight excluding hydrogens is 526 g/mol. The van der Waals surface area contributed by atoms with Crippen LogP contribution in [0.4, 0.5) is 5.69 Å². The molecule has 2 amide bonds. The predicted molar refractivity (Wildman–Crippen MR) is 158 cm³/mol. The van der Waals surface area contributed by atoms with Crippen LogP contribution in [-0.4, -0.2) is 50.9 Å². The van der Waals surface area contributed by atoms with Crippen LogP contribution >= 0.6 is 0 Å². The quantitative estimate of drug-likeness (QED) is 0.339. The van der Waals surface area contributed by atoms with Crippen LogP contribution in [0.3, 0.4) is 0 Å². The molecule has 40 heavy (non-hydrogen) atoms. The van der Waals surface area contributed by atoms with Gasteiger partial charge in [-0.2, -0.15) is 0 Å². The van der Waals surface area contributed by atoms with Gasteiger partial charge < -0.3 is 15.0 Å². The summed E-state index contributed by atoms with van der Waals surface area (Å²) < 4.78 is 34.6. The van der Waals surface area contributed by atoms with Gasteiger partial charge in [0.05, 0.1) is 17.7 Å². The number of benzene rings is 3. The maximum absolute atomic E-state index is 14.2. The Morgan fingerprint density at radius 3 is 2.20 bits per heavy atom. The molecule has 0 aliphatic heterocycles. The van der Waals surface area contributed by atoms with Gasteiger partial charge in [-0.3, -0.25) is 13.9 Å². The minimum absolute atomic E-state index is 0.0430. The van der Waals surface area contributed by atoms with Gasteiger partial charge in [0.2, 0.25) is 11.8 Å². The normalized spacial score (nSPS) is 12.1. The van der Waals surface area contributed by atoms with Crippen molar-refractivity contribution >= 4 is 27.5 Å². The average Bonchev–Trinajstić information content (AvgIpc) is 2.92. The first-order valence-electron chi connectivity index (χ1n) is 13.4. The Kier molecular flexibility index (Phi) is 10.3. The number of rotatable bonds is 12. The van der Waals surface area contributed by atoms with E-state index in [1.165, 1.54) is 24.1 Å². The fraction of sp³-hybridized carbons (Fsp3) is 0.355. The Morgan fingerprint density at radius 1 is 0.950 bits per heavy atom. The van der Waals surface area contributed by atoms with Crippen LogP contribution in [0.5, 0.6) is 5.75 Å². The first-order chi connectivity index (χ1) is 19.0. The number of hydrogen-bond donors (Lipinski definition) is 1. The molecule has 3 aromatic carbocycles. The van der Waals surface area contributed by atoms with E-state index in [-0.39, 0.29) is 29.1 Å². The van der Waals surface area contributed by atoms with Crippen LogP contribution < -0.4 is 14.4 Å². The summed E-state index contributed by atoms with van der Waals surface area (Å²) in [7, 11) is -2.72. The second-order valence-electron chi connectivity index (χ2n) is 10.0. The van der Waals surface area contributed by atoms with Crippen molar-refractivity contribution in [1.82, 2.24) is 10.2 Å². The van der Waals surface area contributed by atoms with E-state index in [1.807, 2.05) is 65.0 Å². The van der Waals surface area contributed by atoms with Gasteiger partial charge in [-0.25, -0.2) is 8.42 Å². The third-order valence-electron chi connectivity index (χ3n) is 6.63. The van der Waals surface area contributed by atoms with Crippen LogP contribution in [-0.2, 0) is 26.2 Å². The Bertz CT molecular complexity index is 1420. The number of nitrogens with zero attached hydrogens (tertiary/aromatic N) is 2. The van der Waals surface area contributed by atoms with Crippen LogP contribution in [0, 0.1) is 13.8 Å². The lowest BCUT2D eigenvalue weighted by molar-refractivity contribution is -0.140. The van der Waals surface area contributed by atoms with Crippen LogP contribution in [0.2, 0.25) is 0 Å². The van der Waals surface area contributed by atoms with Crippen molar-refractivity contribution < 1.29 is 22.7 Å². The molecule has 0 saturated carbocycles. The molecule has 0 aliphatic carbocycles. The van der Waals surface area contributed by atoms with Crippen molar-refractivity contribution in [1.29, 1.82) is 0 Å². The fourth-order valence-electron chi connectivity index (χ4n) is 4.50. The van der Waals surface area contributed by atoms with E-state index in [2.05, 4.69) is 5.32 Å². The number of ether oxygens (including phenoxy) is 1. The first kappa shape index (κ1) is 30.7. The molecule has 0 spiro atoms. The third-order valence-corrected chi connectivity index (χ3v) is 8.41. The molecule has 0 saturated heterocycles. The zero-order valence-corrected chi connectivity index (χ0v) is 24.9. The van der Waals surface area contributed by atoms with Crippen LogP contribution in [0.1, 0.15) is 43.9 Å². The number of nitrogens with one attached hydrogen (secondary N) is 1. The Balaban J connectivity index is 2.13. The zero-order valence-electron chi connectivity index (χ0n) is 24.0. The van der Waals surface area contributed by atoms with Crippen molar-refractivity contribution in [3.63, 3.8) is 0 Å². The predicted octanol–water partition coefficient (Wildman–Crippen LogP) is 4.84. The summed E-state index contributed by atoms with van der Waals surface area (Å²) in [4.78, 5) is 29.0. The Labute approximate surface area is 238 Å². The number of methoxy groups -OCH3 is 1. The molecule has 8 nitrogen and oxygen atoms in total. The van der Waals surface area contributed by atoms with E-state index in [1.54, 1.807) is 30.3 Å². The molecular formula is C31H39N3O5S. The monoisotopic (exact) mass is 565 g/mol. The Hall–Kier alpha value is -3.85. The van der Waals surface area contributed by atoms with Gasteiger partial charge in [-0.15, -0.1) is 0 Å². The highest BCUT2D eigenvalue weighted by Crippen LogP contribution is 2.33. The number of carbonyl (C=O) groups is 2. The molecule has 0 aliphatic rings. The second kappa shape index (κ2) is 13.5. The lowest BCUT2D eigenvalue weighted by atomic mass is 10.1. The van der Waals surface area contributed by atoms with Crippen molar-refractivity contribution in [2.75, 3.05) is 18.0 Å². The largest absolute Gasteiger partial charge is 0.495 e. The van der Waals surface area contributed by atoms with Crippen molar-refractivity contribution in [3.05, 3.63) is 89.5 Å². The lowest BCUT2D eigenvalue weighted by Gasteiger charge is -2.34. The van der Waals surface area contributed by atoms with Gasteiger partial charge in [0.1, 0.15) is 18.3 Å². The van der Waals surface area contributed by atoms with Crippen molar-refractivity contribution in [2.24, 2.45) is 0 Å². The molecule has 214 valence electrons. The molecule has 0 heterocycles. The Morgan fingerprint density at radius 2 is 1.60 bits per heavy atom. The van der Waals surface area contributed by atoms with E-state index >= 15 is 0 Å². The molecule has 0 unspecified atom stereocenters. The number of aryl methyl sites for hydroxylation is 2. The molecule has 1 N–H and O–H groups in total. The minimum atomic E-state index is -4.18. The van der Waals surface area contributed by atoms with Gasteiger partial charge >= 0.3 is 0 Å². The maximum Gasteiger partial charge on any atom is 0.264 e.